The number of aromatic nitrogens is 6. The van der Waals surface area contributed by atoms with Gasteiger partial charge in [0.1, 0.15) is 18.0 Å². The molecule has 1 atom stereocenters. The summed E-state index contributed by atoms with van der Waals surface area (Å²) >= 11 is 0. The van der Waals surface area contributed by atoms with Crippen LogP contribution < -0.4 is 0 Å². The van der Waals surface area contributed by atoms with Gasteiger partial charge in [-0.1, -0.05) is 40.7 Å². The highest BCUT2D eigenvalue weighted by Gasteiger charge is 2.35. The minimum absolute atomic E-state index is 0.152. The van der Waals surface area contributed by atoms with E-state index >= 15 is 0 Å². The summed E-state index contributed by atoms with van der Waals surface area (Å²) in [6.07, 6.45) is 4.43. The van der Waals surface area contributed by atoms with E-state index in [1.807, 2.05) is 13.1 Å². The van der Waals surface area contributed by atoms with Crippen molar-refractivity contribution in [2.24, 2.45) is 5.41 Å². The van der Waals surface area contributed by atoms with Crippen LogP contribution in [0.1, 0.15) is 69.9 Å². The Morgan fingerprint density at radius 2 is 1.90 bits per heavy atom. The Hall–Kier alpha value is -2.41. The minimum atomic E-state index is -0.152. The molecule has 0 amide bonds. The molecule has 0 aromatic carbocycles. The predicted molar refractivity (Wildman–Crippen MR) is 113 cm³/mol. The number of pyridine rings is 1. The molecule has 0 saturated carbocycles. The van der Waals surface area contributed by atoms with Gasteiger partial charge in [0.05, 0.1) is 5.69 Å². The number of nitrogens with zero attached hydrogens (tertiary/aromatic N) is 7. The van der Waals surface area contributed by atoms with Crippen LogP contribution in [0.25, 0.3) is 5.78 Å². The summed E-state index contributed by atoms with van der Waals surface area (Å²) in [4.78, 5) is 20.6. The summed E-state index contributed by atoms with van der Waals surface area (Å²) in [6.45, 7) is 16.3. The zero-order valence-corrected chi connectivity index (χ0v) is 18.3. The maximum absolute atomic E-state index is 4.72. The molecule has 0 radical (unpaired) electrons. The van der Waals surface area contributed by atoms with E-state index in [0.717, 1.165) is 37.7 Å². The highest BCUT2D eigenvalue weighted by atomic mass is 15.4. The number of aryl methyl sites for hydroxylation is 1. The SMILES string of the molecule is Cc1nc(C(C)(C)CCN2Cc3ncccc3[C@H](C(C)(C)C)C2)n2ncnc2n1. The quantitative estimate of drug-likeness (QED) is 0.675. The average Bonchev–Trinajstić information content (AvgIpc) is 3.12. The van der Waals surface area contributed by atoms with E-state index in [1.165, 1.54) is 11.3 Å². The van der Waals surface area contributed by atoms with Gasteiger partial charge in [0.2, 0.25) is 0 Å². The molecule has 0 saturated heterocycles. The van der Waals surface area contributed by atoms with Gasteiger partial charge in [-0.05, 0) is 36.9 Å². The van der Waals surface area contributed by atoms with E-state index in [2.05, 4.69) is 66.7 Å². The molecule has 0 spiro atoms. The highest BCUT2D eigenvalue weighted by Crippen LogP contribution is 2.40. The summed E-state index contributed by atoms with van der Waals surface area (Å²) in [5.41, 5.74) is 2.67. The van der Waals surface area contributed by atoms with Crippen molar-refractivity contribution in [2.45, 2.75) is 65.8 Å². The molecule has 7 nitrogen and oxygen atoms in total. The molecule has 0 aliphatic carbocycles. The van der Waals surface area contributed by atoms with Crippen LogP contribution in [0.5, 0.6) is 0 Å². The van der Waals surface area contributed by atoms with Crippen molar-refractivity contribution in [3.63, 3.8) is 0 Å². The maximum Gasteiger partial charge on any atom is 0.255 e. The van der Waals surface area contributed by atoms with E-state index in [9.17, 15) is 0 Å². The number of rotatable bonds is 4. The van der Waals surface area contributed by atoms with Crippen LogP contribution in [0.2, 0.25) is 0 Å². The zero-order chi connectivity index (χ0) is 20.8. The first-order valence-electron chi connectivity index (χ1n) is 10.4. The first-order valence-corrected chi connectivity index (χ1v) is 10.4. The molecule has 0 bridgehead atoms. The van der Waals surface area contributed by atoms with Crippen LogP contribution in [-0.4, -0.2) is 47.5 Å². The summed E-state index contributed by atoms with van der Waals surface area (Å²) in [5, 5.41) is 4.35. The molecule has 1 aliphatic rings. The van der Waals surface area contributed by atoms with Crippen molar-refractivity contribution in [3.8, 4) is 0 Å². The lowest BCUT2D eigenvalue weighted by Gasteiger charge is -2.41. The third-order valence-electron chi connectivity index (χ3n) is 6.08. The van der Waals surface area contributed by atoms with Gasteiger partial charge < -0.3 is 0 Å². The van der Waals surface area contributed by atoms with Crippen LogP contribution >= 0.6 is 0 Å². The van der Waals surface area contributed by atoms with Gasteiger partial charge in [0.15, 0.2) is 0 Å². The molecule has 0 fully saturated rings. The van der Waals surface area contributed by atoms with Crippen molar-refractivity contribution >= 4 is 5.78 Å². The largest absolute Gasteiger partial charge is 0.297 e. The van der Waals surface area contributed by atoms with Crippen molar-refractivity contribution in [1.82, 2.24) is 34.4 Å². The third kappa shape index (κ3) is 3.88. The molecular formula is C22H31N7. The Balaban J connectivity index is 1.56. The summed E-state index contributed by atoms with van der Waals surface area (Å²) in [5.74, 6) is 2.74. The molecule has 3 aromatic heterocycles. The first kappa shape index (κ1) is 19.9. The van der Waals surface area contributed by atoms with E-state index in [1.54, 1.807) is 10.8 Å². The molecule has 3 aromatic rings. The fraction of sp³-hybridized carbons (Fsp3) is 0.591. The summed E-state index contributed by atoms with van der Waals surface area (Å²) in [6, 6.07) is 4.32. The molecular weight excluding hydrogens is 362 g/mol. The van der Waals surface area contributed by atoms with Gasteiger partial charge in [-0.2, -0.15) is 19.6 Å². The predicted octanol–water partition coefficient (Wildman–Crippen LogP) is 3.54. The maximum atomic E-state index is 4.72. The Kier molecular flexibility index (Phi) is 4.89. The molecule has 154 valence electrons. The second-order valence-electron chi connectivity index (χ2n) is 9.89. The lowest BCUT2D eigenvalue weighted by atomic mass is 9.74. The van der Waals surface area contributed by atoms with Crippen molar-refractivity contribution in [2.75, 3.05) is 13.1 Å². The smallest absolute Gasteiger partial charge is 0.255 e. The fourth-order valence-electron chi connectivity index (χ4n) is 4.26. The molecule has 4 heterocycles. The topological polar surface area (TPSA) is 72.1 Å². The van der Waals surface area contributed by atoms with Crippen LogP contribution in [0, 0.1) is 12.3 Å². The van der Waals surface area contributed by atoms with Crippen LogP contribution in [0.4, 0.5) is 0 Å². The molecule has 29 heavy (non-hydrogen) atoms. The highest BCUT2D eigenvalue weighted by molar-refractivity contribution is 5.29. The molecule has 7 heteroatoms. The molecule has 4 rings (SSSR count). The number of hydrogen-bond donors (Lipinski definition) is 0. The average molecular weight is 394 g/mol. The molecule has 0 N–H and O–H groups in total. The van der Waals surface area contributed by atoms with Gasteiger partial charge in [-0.25, -0.2) is 4.98 Å². The first-order chi connectivity index (χ1) is 13.6. The van der Waals surface area contributed by atoms with Crippen LogP contribution in [0.15, 0.2) is 24.7 Å². The van der Waals surface area contributed by atoms with Crippen molar-refractivity contribution in [1.29, 1.82) is 0 Å². The van der Waals surface area contributed by atoms with Gasteiger partial charge in [0, 0.05) is 30.6 Å². The van der Waals surface area contributed by atoms with E-state index in [0.29, 0.717) is 11.7 Å². The van der Waals surface area contributed by atoms with Gasteiger partial charge in [-0.15, -0.1) is 0 Å². The minimum Gasteiger partial charge on any atom is -0.297 e. The van der Waals surface area contributed by atoms with E-state index in [-0.39, 0.29) is 10.8 Å². The normalized spacial score (nSPS) is 18.2. The third-order valence-corrected chi connectivity index (χ3v) is 6.08. The number of fused-ring (bicyclic) bond motifs is 2. The second-order valence-corrected chi connectivity index (χ2v) is 9.89. The van der Waals surface area contributed by atoms with Crippen molar-refractivity contribution in [3.05, 3.63) is 47.6 Å². The van der Waals surface area contributed by atoms with Crippen LogP contribution in [-0.2, 0) is 12.0 Å². The van der Waals surface area contributed by atoms with Crippen molar-refractivity contribution < 1.29 is 0 Å². The number of hydrogen-bond acceptors (Lipinski definition) is 6. The lowest BCUT2D eigenvalue weighted by Crippen LogP contribution is -2.41. The zero-order valence-electron chi connectivity index (χ0n) is 18.3. The van der Waals surface area contributed by atoms with Gasteiger partial charge in [-0.3, -0.25) is 9.88 Å². The van der Waals surface area contributed by atoms with Gasteiger partial charge >= 0.3 is 0 Å². The van der Waals surface area contributed by atoms with E-state index < -0.39 is 0 Å². The molecule has 1 aliphatic heterocycles. The lowest BCUT2D eigenvalue weighted by molar-refractivity contribution is 0.157. The molecule has 0 unspecified atom stereocenters. The monoisotopic (exact) mass is 393 g/mol. The standard InChI is InChI=1S/C22H31N7/c1-15-26-19(29-20(27-15)24-14-25-29)22(5,6)9-11-28-12-17(21(2,3)4)16-8-7-10-23-18(16)13-28/h7-8,10,14,17H,9,11-13H2,1-6H3/t17-/m1/s1. The fourth-order valence-corrected chi connectivity index (χ4v) is 4.26. The summed E-state index contributed by atoms with van der Waals surface area (Å²) < 4.78 is 1.78. The second kappa shape index (κ2) is 7.13. The Morgan fingerprint density at radius 1 is 1.10 bits per heavy atom. The Morgan fingerprint density at radius 3 is 2.66 bits per heavy atom. The van der Waals surface area contributed by atoms with Crippen LogP contribution in [0.3, 0.4) is 0 Å². The van der Waals surface area contributed by atoms with Gasteiger partial charge in [0.25, 0.3) is 5.78 Å². The Labute approximate surface area is 172 Å². The van der Waals surface area contributed by atoms with E-state index in [4.69, 9.17) is 9.97 Å². The Bertz CT molecular complexity index is 1020. The summed E-state index contributed by atoms with van der Waals surface area (Å²) in [7, 11) is 0.